The Balaban J connectivity index is 2.86. The normalized spacial score (nSPS) is 13.2. The number of amides is 1. The van der Waals surface area contributed by atoms with Crippen LogP contribution in [-0.2, 0) is 4.79 Å². The lowest BCUT2D eigenvalue weighted by molar-refractivity contribution is -0.119. The van der Waals surface area contributed by atoms with Crippen molar-refractivity contribution in [3.05, 3.63) is 22.7 Å². The maximum atomic E-state index is 11.9. The van der Waals surface area contributed by atoms with Crippen LogP contribution >= 0.6 is 15.9 Å². The van der Waals surface area contributed by atoms with Gasteiger partial charge < -0.3 is 16.2 Å². The van der Waals surface area contributed by atoms with E-state index in [1.54, 1.807) is 18.2 Å². The summed E-state index contributed by atoms with van der Waals surface area (Å²) in [7, 11) is 0. The Kier molecular flexibility index (Phi) is 4.16. The number of aromatic hydroxyl groups is 1. The van der Waals surface area contributed by atoms with Gasteiger partial charge in [-0.05, 0) is 33.5 Å². The Hall–Kier alpha value is -1.07. The van der Waals surface area contributed by atoms with Gasteiger partial charge in [-0.3, -0.25) is 4.79 Å². The number of hydrogen-bond donors (Lipinski definition) is 3. The number of para-hydroxylation sites is 1. The molecule has 5 heteroatoms. The maximum Gasteiger partial charge on any atom is 0.241 e. The molecule has 0 bridgehead atoms. The molecule has 17 heavy (non-hydrogen) atoms. The number of hydrogen-bond acceptors (Lipinski definition) is 3. The van der Waals surface area contributed by atoms with Gasteiger partial charge >= 0.3 is 0 Å². The molecule has 0 fully saturated rings. The SMILES string of the molecule is CC(C)(C)[C@H](N)C(=O)Nc1cccc(Br)c1O. The maximum absolute atomic E-state index is 11.9. The Bertz CT molecular complexity index is 427. The van der Waals surface area contributed by atoms with E-state index in [4.69, 9.17) is 5.73 Å². The van der Waals surface area contributed by atoms with E-state index in [9.17, 15) is 9.90 Å². The highest BCUT2D eigenvalue weighted by Crippen LogP contribution is 2.32. The smallest absolute Gasteiger partial charge is 0.241 e. The molecule has 94 valence electrons. The molecule has 0 saturated carbocycles. The summed E-state index contributed by atoms with van der Waals surface area (Å²) < 4.78 is 0.527. The van der Waals surface area contributed by atoms with E-state index in [0.717, 1.165) is 0 Å². The largest absolute Gasteiger partial charge is 0.505 e. The van der Waals surface area contributed by atoms with Gasteiger partial charge in [-0.1, -0.05) is 26.8 Å². The van der Waals surface area contributed by atoms with Crippen molar-refractivity contribution >= 4 is 27.5 Å². The average Bonchev–Trinajstić information content (AvgIpc) is 2.22. The zero-order valence-corrected chi connectivity index (χ0v) is 11.7. The minimum atomic E-state index is -0.638. The molecule has 1 aromatic carbocycles. The number of phenols is 1. The van der Waals surface area contributed by atoms with Crippen LogP contribution in [0.3, 0.4) is 0 Å². The minimum Gasteiger partial charge on any atom is -0.505 e. The molecule has 1 atom stereocenters. The first kappa shape index (κ1) is 14.0. The highest BCUT2D eigenvalue weighted by Gasteiger charge is 2.27. The first-order chi connectivity index (χ1) is 7.73. The minimum absolute atomic E-state index is 0.00181. The molecular weight excluding hydrogens is 284 g/mol. The fourth-order valence-corrected chi connectivity index (χ4v) is 1.59. The predicted octanol–water partition coefficient (Wildman–Crippen LogP) is 2.47. The monoisotopic (exact) mass is 300 g/mol. The van der Waals surface area contributed by atoms with Crippen molar-refractivity contribution in [1.29, 1.82) is 0 Å². The van der Waals surface area contributed by atoms with E-state index in [0.29, 0.717) is 10.2 Å². The van der Waals surface area contributed by atoms with Gasteiger partial charge in [0.05, 0.1) is 16.2 Å². The quantitative estimate of drug-likeness (QED) is 0.735. The average molecular weight is 301 g/mol. The van der Waals surface area contributed by atoms with Crippen LogP contribution in [0.25, 0.3) is 0 Å². The van der Waals surface area contributed by atoms with E-state index >= 15 is 0 Å². The van der Waals surface area contributed by atoms with Crippen molar-refractivity contribution in [3.63, 3.8) is 0 Å². The summed E-state index contributed by atoms with van der Waals surface area (Å²) >= 11 is 3.18. The van der Waals surface area contributed by atoms with Gasteiger partial charge in [0.15, 0.2) is 5.75 Å². The second-order valence-electron chi connectivity index (χ2n) is 4.97. The molecular formula is C12H17BrN2O2. The number of benzene rings is 1. The lowest BCUT2D eigenvalue weighted by Gasteiger charge is -2.26. The topological polar surface area (TPSA) is 75.4 Å². The first-order valence-electron chi connectivity index (χ1n) is 5.27. The summed E-state index contributed by atoms with van der Waals surface area (Å²) in [4.78, 5) is 11.9. The molecule has 4 N–H and O–H groups in total. The van der Waals surface area contributed by atoms with Gasteiger partial charge in [-0.2, -0.15) is 0 Å². The molecule has 1 rings (SSSR count). The summed E-state index contributed by atoms with van der Waals surface area (Å²) in [6.07, 6.45) is 0. The third kappa shape index (κ3) is 3.44. The highest BCUT2D eigenvalue weighted by molar-refractivity contribution is 9.10. The zero-order valence-electron chi connectivity index (χ0n) is 10.1. The highest BCUT2D eigenvalue weighted by atomic mass is 79.9. The number of rotatable bonds is 2. The summed E-state index contributed by atoms with van der Waals surface area (Å²) in [5.74, 6) is -0.312. The fraction of sp³-hybridized carbons (Fsp3) is 0.417. The molecule has 0 aromatic heterocycles. The molecule has 0 saturated heterocycles. The first-order valence-corrected chi connectivity index (χ1v) is 6.06. The summed E-state index contributed by atoms with van der Waals surface area (Å²) in [5, 5.41) is 12.3. The molecule has 1 amide bonds. The number of anilines is 1. The fourth-order valence-electron chi connectivity index (χ4n) is 1.22. The Labute approximate surface area is 109 Å². The van der Waals surface area contributed by atoms with Crippen LogP contribution in [0, 0.1) is 5.41 Å². The van der Waals surface area contributed by atoms with Crippen LogP contribution in [-0.4, -0.2) is 17.1 Å². The predicted molar refractivity (Wildman–Crippen MR) is 71.9 cm³/mol. The molecule has 1 aromatic rings. The van der Waals surface area contributed by atoms with Gasteiger partial charge in [0.1, 0.15) is 0 Å². The van der Waals surface area contributed by atoms with Gasteiger partial charge in [-0.15, -0.1) is 0 Å². The van der Waals surface area contributed by atoms with Gasteiger partial charge in [0.25, 0.3) is 0 Å². The second-order valence-corrected chi connectivity index (χ2v) is 5.82. The van der Waals surface area contributed by atoms with E-state index in [1.165, 1.54) is 0 Å². The van der Waals surface area contributed by atoms with E-state index < -0.39 is 6.04 Å². The third-order valence-corrected chi connectivity index (χ3v) is 3.10. The van der Waals surface area contributed by atoms with E-state index in [2.05, 4.69) is 21.2 Å². The molecule has 4 nitrogen and oxygen atoms in total. The third-order valence-electron chi connectivity index (χ3n) is 2.46. The number of nitrogens with two attached hydrogens (primary N) is 1. The number of nitrogens with one attached hydrogen (secondary N) is 1. The van der Waals surface area contributed by atoms with Crippen LogP contribution in [0.15, 0.2) is 22.7 Å². The van der Waals surface area contributed by atoms with Gasteiger partial charge in [-0.25, -0.2) is 0 Å². The Morgan fingerprint density at radius 3 is 2.59 bits per heavy atom. The molecule has 0 aliphatic carbocycles. The van der Waals surface area contributed by atoms with Gasteiger partial charge in [0, 0.05) is 0 Å². The standard InChI is InChI=1S/C12H17BrN2O2/c1-12(2,3)10(14)11(17)15-8-6-4-5-7(13)9(8)16/h4-6,10,16H,14H2,1-3H3,(H,15,17)/t10-/m1/s1. The van der Waals surface area contributed by atoms with Crippen molar-refractivity contribution < 1.29 is 9.90 Å². The molecule has 0 spiro atoms. The van der Waals surface area contributed by atoms with Crippen LogP contribution in [0.1, 0.15) is 20.8 Å². The van der Waals surface area contributed by atoms with E-state index in [-0.39, 0.29) is 17.1 Å². The van der Waals surface area contributed by atoms with Crippen LogP contribution in [0.5, 0.6) is 5.75 Å². The van der Waals surface area contributed by atoms with Crippen LogP contribution in [0.4, 0.5) is 5.69 Å². The lowest BCUT2D eigenvalue weighted by atomic mass is 9.87. The Morgan fingerprint density at radius 1 is 1.47 bits per heavy atom. The molecule has 0 heterocycles. The van der Waals surface area contributed by atoms with Crippen LogP contribution in [0.2, 0.25) is 0 Å². The number of carbonyl (C=O) groups excluding carboxylic acids is 1. The summed E-state index contributed by atoms with van der Waals surface area (Å²) in [6, 6.07) is 4.39. The van der Waals surface area contributed by atoms with E-state index in [1.807, 2.05) is 20.8 Å². The van der Waals surface area contributed by atoms with Crippen molar-refractivity contribution in [2.24, 2.45) is 11.1 Å². The molecule has 0 radical (unpaired) electrons. The van der Waals surface area contributed by atoms with Crippen molar-refractivity contribution in [2.45, 2.75) is 26.8 Å². The lowest BCUT2D eigenvalue weighted by Crippen LogP contribution is -2.45. The number of halogens is 1. The van der Waals surface area contributed by atoms with Crippen molar-refractivity contribution in [2.75, 3.05) is 5.32 Å². The second kappa shape index (κ2) is 5.06. The number of phenolic OH excluding ortho intramolecular Hbond substituents is 1. The van der Waals surface area contributed by atoms with Crippen molar-refractivity contribution in [3.8, 4) is 5.75 Å². The van der Waals surface area contributed by atoms with Crippen molar-refractivity contribution in [1.82, 2.24) is 0 Å². The summed E-state index contributed by atoms with van der Waals surface area (Å²) in [6.45, 7) is 5.66. The Morgan fingerprint density at radius 2 is 2.06 bits per heavy atom. The summed E-state index contributed by atoms with van der Waals surface area (Å²) in [5.41, 5.74) is 5.85. The molecule has 0 aliphatic rings. The zero-order chi connectivity index (χ0) is 13.2. The molecule has 0 aliphatic heterocycles. The van der Waals surface area contributed by atoms with Crippen LogP contribution < -0.4 is 11.1 Å². The van der Waals surface area contributed by atoms with Gasteiger partial charge in [0.2, 0.25) is 5.91 Å². The molecule has 0 unspecified atom stereocenters. The number of carbonyl (C=O) groups is 1.